The maximum Gasteiger partial charge on any atom is 0.354 e. The highest BCUT2D eigenvalue weighted by Crippen LogP contribution is 2.25. The van der Waals surface area contributed by atoms with Crippen molar-refractivity contribution in [3.8, 4) is 11.4 Å². The first kappa shape index (κ1) is 27.7. The van der Waals surface area contributed by atoms with Gasteiger partial charge in [-0.15, -0.1) is 0 Å². The van der Waals surface area contributed by atoms with Crippen LogP contribution < -0.4 is 10.2 Å². The summed E-state index contributed by atoms with van der Waals surface area (Å²) in [5.74, 6) is 0.881. The Hall–Kier alpha value is -3.50. The molecule has 10 heteroatoms. The highest BCUT2D eigenvalue weighted by molar-refractivity contribution is 5.88. The van der Waals surface area contributed by atoms with Crippen LogP contribution in [0.5, 0.6) is 0 Å². The molecule has 1 aliphatic heterocycles. The van der Waals surface area contributed by atoms with Crippen molar-refractivity contribution in [2.45, 2.75) is 26.1 Å². The van der Waals surface area contributed by atoms with Crippen LogP contribution in [0.1, 0.15) is 29.5 Å². The number of carboxylic acids is 1. The number of halogens is 1. The van der Waals surface area contributed by atoms with Crippen molar-refractivity contribution in [1.82, 2.24) is 19.9 Å². The normalized spacial score (nSPS) is 15.8. The summed E-state index contributed by atoms with van der Waals surface area (Å²) >= 11 is 0. The van der Waals surface area contributed by atoms with Gasteiger partial charge in [-0.25, -0.2) is 19.2 Å². The summed E-state index contributed by atoms with van der Waals surface area (Å²) in [6.07, 6.45) is 6.83. The molecule has 1 aliphatic rings. The van der Waals surface area contributed by atoms with E-state index >= 15 is 0 Å². The number of hydrogen-bond donors (Lipinski definition) is 3. The first-order chi connectivity index (χ1) is 16.8. The molecule has 1 unspecified atom stereocenters. The van der Waals surface area contributed by atoms with Crippen molar-refractivity contribution < 1.29 is 24.1 Å². The minimum Gasteiger partial charge on any atom is -0.497 e. The molecule has 1 fully saturated rings. The fourth-order valence-electron chi connectivity index (χ4n) is 3.72. The van der Waals surface area contributed by atoms with Gasteiger partial charge in [0.2, 0.25) is 0 Å². The van der Waals surface area contributed by atoms with Crippen molar-refractivity contribution in [3.63, 3.8) is 0 Å². The summed E-state index contributed by atoms with van der Waals surface area (Å²) in [5, 5.41) is 19.9. The molecule has 0 aliphatic carbocycles. The SMILES string of the molecule is C=C(/C=C\C(=C/C)OC)CNCc1nc(-c2ccc(N3CCC(F)C3)nc2)n(C)c1C(=O)O.CO. The largest absolute Gasteiger partial charge is 0.497 e. The molecule has 2 aromatic rings. The van der Waals surface area contributed by atoms with Crippen LogP contribution in [0.15, 0.2) is 54.5 Å². The van der Waals surface area contributed by atoms with Crippen LogP contribution in [0, 0.1) is 0 Å². The van der Waals surface area contributed by atoms with Gasteiger partial charge in [0, 0.05) is 45.6 Å². The van der Waals surface area contributed by atoms with Crippen molar-refractivity contribution in [2.75, 3.05) is 38.8 Å². The Balaban J connectivity index is 0.00000210. The molecule has 2 aromatic heterocycles. The Morgan fingerprint density at radius 2 is 2.11 bits per heavy atom. The monoisotopic (exact) mass is 487 g/mol. The zero-order valence-electron chi connectivity index (χ0n) is 20.7. The smallest absolute Gasteiger partial charge is 0.354 e. The van der Waals surface area contributed by atoms with Gasteiger partial charge < -0.3 is 29.7 Å². The fraction of sp³-hybridized carbons (Fsp3) is 0.400. The Morgan fingerprint density at radius 3 is 2.66 bits per heavy atom. The maximum atomic E-state index is 13.5. The number of carbonyl (C=O) groups is 1. The lowest BCUT2D eigenvalue weighted by molar-refractivity contribution is 0.0685. The first-order valence-corrected chi connectivity index (χ1v) is 11.2. The number of anilines is 1. The number of nitrogens with zero attached hydrogens (tertiary/aromatic N) is 4. The van der Waals surface area contributed by atoms with E-state index in [9.17, 15) is 14.3 Å². The van der Waals surface area contributed by atoms with E-state index in [-0.39, 0.29) is 12.2 Å². The number of methoxy groups -OCH3 is 1. The lowest BCUT2D eigenvalue weighted by atomic mass is 10.2. The van der Waals surface area contributed by atoms with Gasteiger partial charge in [-0.05, 0) is 43.2 Å². The highest BCUT2D eigenvalue weighted by Gasteiger charge is 2.24. The van der Waals surface area contributed by atoms with Crippen LogP contribution in [0.2, 0.25) is 0 Å². The second kappa shape index (κ2) is 13.4. The lowest BCUT2D eigenvalue weighted by Crippen LogP contribution is -2.20. The van der Waals surface area contributed by atoms with Gasteiger partial charge in [0.15, 0.2) is 5.69 Å². The molecule has 0 radical (unpaired) electrons. The van der Waals surface area contributed by atoms with Crippen LogP contribution in [-0.4, -0.2) is 70.7 Å². The van der Waals surface area contributed by atoms with Gasteiger partial charge in [0.25, 0.3) is 0 Å². The number of aromatic nitrogens is 3. The average Bonchev–Trinajstić information content (AvgIpc) is 3.44. The number of rotatable bonds is 10. The summed E-state index contributed by atoms with van der Waals surface area (Å²) < 4.78 is 20.2. The third kappa shape index (κ3) is 7.24. The third-order valence-electron chi connectivity index (χ3n) is 5.48. The molecular weight excluding hydrogens is 453 g/mol. The zero-order valence-corrected chi connectivity index (χ0v) is 20.7. The molecule has 3 heterocycles. The Morgan fingerprint density at radius 1 is 1.37 bits per heavy atom. The van der Waals surface area contributed by atoms with Crippen LogP contribution >= 0.6 is 0 Å². The third-order valence-corrected chi connectivity index (χ3v) is 5.48. The number of imidazole rings is 1. The minimum atomic E-state index is -1.06. The van der Waals surface area contributed by atoms with Crippen molar-refractivity contribution in [1.29, 1.82) is 0 Å². The molecule has 0 amide bonds. The second-order valence-electron chi connectivity index (χ2n) is 7.82. The van der Waals surface area contributed by atoms with E-state index in [1.807, 2.05) is 42.2 Å². The van der Waals surface area contributed by atoms with Crippen LogP contribution in [0.25, 0.3) is 11.4 Å². The number of aliphatic hydroxyl groups is 1. The van der Waals surface area contributed by atoms with E-state index in [1.54, 1.807) is 24.9 Å². The summed E-state index contributed by atoms with van der Waals surface area (Å²) in [7, 11) is 4.27. The van der Waals surface area contributed by atoms with E-state index in [4.69, 9.17) is 9.84 Å². The highest BCUT2D eigenvalue weighted by atomic mass is 19.1. The predicted molar refractivity (Wildman–Crippen MR) is 134 cm³/mol. The van der Waals surface area contributed by atoms with E-state index in [0.29, 0.717) is 49.0 Å². The predicted octanol–water partition coefficient (Wildman–Crippen LogP) is 3.09. The van der Waals surface area contributed by atoms with Crippen molar-refractivity contribution in [2.24, 2.45) is 7.05 Å². The summed E-state index contributed by atoms with van der Waals surface area (Å²) in [6, 6.07) is 3.65. The second-order valence-corrected chi connectivity index (χ2v) is 7.82. The van der Waals surface area contributed by atoms with Crippen molar-refractivity contribution >= 4 is 11.8 Å². The van der Waals surface area contributed by atoms with Gasteiger partial charge >= 0.3 is 5.97 Å². The minimum absolute atomic E-state index is 0.109. The topological polar surface area (TPSA) is 113 Å². The molecule has 1 saturated heterocycles. The number of carboxylic acid groups (broad SMARTS) is 1. The molecule has 0 bridgehead atoms. The number of aliphatic hydroxyl groups excluding tert-OH is 1. The van der Waals surface area contributed by atoms with Crippen molar-refractivity contribution in [3.05, 3.63) is 65.9 Å². The van der Waals surface area contributed by atoms with E-state index in [0.717, 1.165) is 18.4 Å². The van der Waals surface area contributed by atoms with E-state index in [2.05, 4.69) is 21.9 Å². The first-order valence-electron chi connectivity index (χ1n) is 11.2. The van der Waals surface area contributed by atoms with Gasteiger partial charge in [-0.2, -0.15) is 0 Å². The Kier molecular flexibility index (Phi) is 10.6. The molecular formula is C25H34FN5O4. The van der Waals surface area contributed by atoms with Crippen LogP contribution in [0.3, 0.4) is 0 Å². The molecule has 0 aromatic carbocycles. The molecule has 9 nitrogen and oxygen atoms in total. The van der Waals surface area contributed by atoms with Gasteiger partial charge in [0.1, 0.15) is 23.6 Å². The summed E-state index contributed by atoms with van der Waals surface area (Å²) in [5.41, 5.74) is 2.04. The van der Waals surface area contributed by atoms with Gasteiger partial charge in [-0.1, -0.05) is 12.7 Å². The molecule has 3 N–H and O–H groups in total. The summed E-state index contributed by atoms with van der Waals surface area (Å²) in [6.45, 7) is 7.58. The molecule has 1 atom stereocenters. The lowest BCUT2D eigenvalue weighted by Gasteiger charge is -2.16. The number of pyridine rings is 1. The van der Waals surface area contributed by atoms with Crippen LogP contribution in [0.4, 0.5) is 10.2 Å². The molecule has 0 saturated carbocycles. The number of ether oxygens (including phenoxy) is 1. The van der Waals surface area contributed by atoms with E-state index < -0.39 is 12.1 Å². The Labute approximate surface area is 205 Å². The number of aromatic carboxylic acids is 1. The van der Waals surface area contributed by atoms with Crippen LogP contribution in [-0.2, 0) is 18.3 Å². The quantitative estimate of drug-likeness (QED) is 0.346. The number of hydrogen-bond acceptors (Lipinski definition) is 7. The molecule has 190 valence electrons. The molecule has 3 rings (SSSR count). The standard InChI is InChI=1S/C24H30FN5O3.CH4O/c1-5-19(33-4)8-6-16(2)12-26-14-20-22(24(31)32)29(3)23(28-20)17-7-9-21(27-13-17)30-11-10-18(25)15-30;1-2/h5-9,13,18,26H,2,10-12,14-15H2,1,3-4H3,(H,31,32);2H,1H3/b8-6-,19-5+;. The number of allylic oxidation sites excluding steroid dienone is 2. The van der Waals surface area contributed by atoms with Gasteiger partial charge in [0.05, 0.1) is 19.3 Å². The average molecular weight is 488 g/mol. The zero-order chi connectivity index (χ0) is 26.0. The number of nitrogens with one attached hydrogen (secondary N) is 1. The maximum absolute atomic E-state index is 13.5. The Bertz CT molecular complexity index is 1060. The molecule has 0 spiro atoms. The van der Waals surface area contributed by atoms with E-state index in [1.165, 1.54) is 0 Å². The van der Waals surface area contributed by atoms with Gasteiger partial charge in [-0.3, -0.25) is 0 Å². The number of alkyl halides is 1. The fourth-order valence-corrected chi connectivity index (χ4v) is 3.72. The summed E-state index contributed by atoms with van der Waals surface area (Å²) in [4.78, 5) is 22.8. The molecule has 35 heavy (non-hydrogen) atoms.